The van der Waals surface area contributed by atoms with Crippen molar-refractivity contribution >= 4 is 118 Å². The van der Waals surface area contributed by atoms with Crippen molar-refractivity contribution in [3.63, 3.8) is 0 Å². The van der Waals surface area contributed by atoms with E-state index in [0.29, 0.717) is 23.3 Å². The zero-order valence-electron chi connectivity index (χ0n) is 61.6. The topological polar surface area (TPSA) is 75.4 Å². The number of amidine groups is 2. The lowest BCUT2D eigenvalue weighted by atomic mass is 9.86. The van der Waals surface area contributed by atoms with E-state index in [-0.39, 0.29) is 0 Å². The molecule has 1 atom stereocenters. The van der Waals surface area contributed by atoms with Crippen molar-refractivity contribution in [2.75, 3.05) is 0 Å². The second-order valence-electron chi connectivity index (χ2n) is 29.2. The molecule has 1 N–H and O–H groups in total. The van der Waals surface area contributed by atoms with Gasteiger partial charge in [0, 0.05) is 68.2 Å². The molecule has 0 aliphatic carbocycles. The van der Waals surface area contributed by atoms with Crippen LogP contribution in [0.5, 0.6) is 0 Å². The molecular formula is C106H66N6S2. The van der Waals surface area contributed by atoms with Gasteiger partial charge in [0.25, 0.3) is 0 Å². The summed E-state index contributed by atoms with van der Waals surface area (Å²) in [6.45, 7) is 0. The zero-order valence-corrected chi connectivity index (χ0v) is 63.2. The van der Waals surface area contributed by atoms with Crippen molar-refractivity contribution in [3.8, 4) is 112 Å². The number of rotatable bonds is 13. The maximum Gasteiger partial charge on any atom is 0.165 e. The lowest BCUT2D eigenvalue weighted by Crippen LogP contribution is -2.33. The molecule has 18 aromatic carbocycles. The van der Waals surface area contributed by atoms with Crippen molar-refractivity contribution in [2.24, 2.45) is 9.98 Å². The molecule has 1 aliphatic heterocycles. The number of aliphatic imine (C=N–C) groups is 2. The molecule has 4 heterocycles. The summed E-state index contributed by atoms with van der Waals surface area (Å²) >= 11 is 3.58. The highest BCUT2D eigenvalue weighted by atomic mass is 32.1. The predicted octanol–water partition coefficient (Wildman–Crippen LogP) is 28.4. The Labute approximate surface area is 666 Å². The second-order valence-corrected chi connectivity index (χ2v) is 31.3. The molecule has 114 heavy (non-hydrogen) atoms. The monoisotopic (exact) mass is 1490 g/mol. The minimum atomic E-state index is -0.475. The van der Waals surface area contributed by atoms with Gasteiger partial charge in [0.15, 0.2) is 23.3 Å². The van der Waals surface area contributed by atoms with E-state index in [1.54, 1.807) is 22.7 Å². The molecule has 1 unspecified atom stereocenters. The van der Waals surface area contributed by atoms with Gasteiger partial charge in [-0.05, 0) is 157 Å². The van der Waals surface area contributed by atoms with Gasteiger partial charge in [-0.25, -0.2) is 24.9 Å². The summed E-state index contributed by atoms with van der Waals surface area (Å²) < 4.78 is 4.68. The van der Waals surface area contributed by atoms with E-state index in [1.165, 1.54) is 102 Å². The van der Waals surface area contributed by atoms with E-state index in [2.05, 4.69) is 375 Å². The molecule has 6 nitrogen and oxygen atoms in total. The van der Waals surface area contributed by atoms with E-state index >= 15 is 0 Å². The Morgan fingerprint density at radius 1 is 0.228 bits per heavy atom. The Kier molecular flexibility index (Phi) is 16.3. The molecule has 0 radical (unpaired) electrons. The quantitative estimate of drug-likeness (QED) is 0.125. The molecule has 0 bridgehead atoms. The molecule has 22 rings (SSSR count). The fourth-order valence-electron chi connectivity index (χ4n) is 17.2. The SMILES string of the molecule is c1ccc(-c2ccc(-c3ccc4ccccc4c3-c3ccc(-c4nc(-c5ccccc5)nc(-c5cccc6c5sc5cccc(-c7ccc(C8N=C(c9cccc%10c9sc9ccccc9%10)N=C(c9ccc(-c%10ccc(-c%11ccc(-c%12ccccc%12)cc%11)c%11ccccc%10%11)c%10ccccc9%10)N8)cc7)c56)n4)c4ccccc34)cc2)cc1. The van der Waals surface area contributed by atoms with Crippen LogP contribution in [0, 0.1) is 0 Å². The first-order valence-corrected chi connectivity index (χ1v) is 40.3. The smallest absolute Gasteiger partial charge is 0.165 e. The maximum atomic E-state index is 5.60. The number of nitrogens with zero attached hydrogens (tertiary/aromatic N) is 5. The zero-order chi connectivity index (χ0) is 75.2. The molecule has 532 valence electrons. The average molecular weight is 1490 g/mol. The number of nitrogens with one attached hydrogen (secondary N) is 1. The Hall–Kier alpha value is -14.4. The first kappa shape index (κ1) is 66.6. The normalized spacial score (nSPS) is 13.0. The third-order valence-electron chi connectivity index (χ3n) is 22.7. The lowest BCUT2D eigenvalue weighted by Gasteiger charge is -2.25. The minimum Gasteiger partial charge on any atom is -0.344 e. The highest BCUT2D eigenvalue weighted by Gasteiger charge is 2.28. The van der Waals surface area contributed by atoms with Crippen LogP contribution in [-0.2, 0) is 0 Å². The van der Waals surface area contributed by atoms with E-state index < -0.39 is 6.17 Å². The Morgan fingerprint density at radius 2 is 0.632 bits per heavy atom. The summed E-state index contributed by atoms with van der Waals surface area (Å²) in [5.41, 5.74) is 22.2. The molecule has 0 spiro atoms. The van der Waals surface area contributed by atoms with Crippen LogP contribution in [0.4, 0.5) is 0 Å². The molecule has 1 aliphatic rings. The Morgan fingerprint density at radius 3 is 1.30 bits per heavy atom. The van der Waals surface area contributed by atoms with Crippen LogP contribution in [0.2, 0.25) is 0 Å². The average Bonchev–Trinajstić information content (AvgIpc) is 1.57. The Bertz CT molecular complexity index is 7480. The highest BCUT2D eigenvalue weighted by molar-refractivity contribution is 7.26. The van der Waals surface area contributed by atoms with Crippen LogP contribution >= 0.6 is 22.7 Å². The van der Waals surface area contributed by atoms with Gasteiger partial charge in [0.05, 0.1) is 0 Å². The van der Waals surface area contributed by atoms with Crippen LogP contribution in [0.25, 0.3) is 195 Å². The van der Waals surface area contributed by atoms with Crippen LogP contribution in [-0.4, -0.2) is 26.6 Å². The van der Waals surface area contributed by atoms with Gasteiger partial charge in [-0.15, -0.1) is 22.7 Å². The van der Waals surface area contributed by atoms with Gasteiger partial charge in [0.2, 0.25) is 0 Å². The first-order valence-electron chi connectivity index (χ1n) is 38.6. The molecule has 0 saturated carbocycles. The van der Waals surface area contributed by atoms with Crippen LogP contribution in [0.3, 0.4) is 0 Å². The highest BCUT2D eigenvalue weighted by Crippen LogP contribution is 2.48. The van der Waals surface area contributed by atoms with E-state index in [4.69, 9.17) is 24.9 Å². The van der Waals surface area contributed by atoms with E-state index in [9.17, 15) is 0 Å². The summed E-state index contributed by atoms with van der Waals surface area (Å²) in [4.78, 5) is 27.5. The van der Waals surface area contributed by atoms with Crippen molar-refractivity contribution in [2.45, 2.75) is 6.17 Å². The van der Waals surface area contributed by atoms with Crippen molar-refractivity contribution < 1.29 is 0 Å². The van der Waals surface area contributed by atoms with Gasteiger partial charge in [-0.3, -0.25) is 0 Å². The molecule has 0 saturated heterocycles. The number of fused-ring (bicyclic) bond motifs is 10. The predicted molar refractivity (Wildman–Crippen MR) is 482 cm³/mol. The molecule has 0 amide bonds. The maximum absolute atomic E-state index is 5.60. The van der Waals surface area contributed by atoms with Gasteiger partial charge in [-0.1, -0.05) is 358 Å². The number of thiophene rings is 2. The second kappa shape index (κ2) is 27.9. The van der Waals surface area contributed by atoms with Gasteiger partial charge < -0.3 is 5.32 Å². The third kappa shape index (κ3) is 11.6. The lowest BCUT2D eigenvalue weighted by molar-refractivity contribution is 0.675. The molecule has 21 aromatic rings. The fraction of sp³-hybridized carbons (Fsp3) is 0.00943. The summed E-state index contributed by atoms with van der Waals surface area (Å²) in [7, 11) is 0. The number of hydrogen-bond acceptors (Lipinski definition) is 8. The first-order chi connectivity index (χ1) is 56.5. The fourth-order valence-corrected chi connectivity index (χ4v) is 19.7. The number of aromatic nitrogens is 3. The number of hydrogen-bond donors (Lipinski definition) is 1. The van der Waals surface area contributed by atoms with Crippen molar-refractivity contribution in [3.05, 3.63) is 405 Å². The van der Waals surface area contributed by atoms with Gasteiger partial charge in [0.1, 0.15) is 12.0 Å². The van der Waals surface area contributed by atoms with Crippen molar-refractivity contribution in [1.82, 2.24) is 20.3 Å². The molecular weight excluding hydrogens is 1420 g/mol. The number of benzene rings is 18. The minimum absolute atomic E-state index is 0.475. The summed E-state index contributed by atoms with van der Waals surface area (Å²) in [5.74, 6) is 3.28. The van der Waals surface area contributed by atoms with E-state index in [0.717, 1.165) is 98.7 Å². The molecule has 3 aromatic heterocycles. The van der Waals surface area contributed by atoms with E-state index in [1.807, 2.05) is 18.2 Å². The van der Waals surface area contributed by atoms with Crippen LogP contribution < -0.4 is 5.32 Å². The van der Waals surface area contributed by atoms with Gasteiger partial charge >= 0.3 is 0 Å². The van der Waals surface area contributed by atoms with Crippen molar-refractivity contribution in [1.29, 1.82) is 0 Å². The third-order valence-corrected chi connectivity index (χ3v) is 25.1. The van der Waals surface area contributed by atoms with Crippen LogP contribution in [0.15, 0.2) is 398 Å². The summed E-state index contributed by atoms with van der Waals surface area (Å²) in [5, 5.41) is 17.9. The molecule has 8 heteroatoms. The Balaban J connectivity index is 0.626. The summed E-state index contributed by atoms with van der Waals surface area (Å²) in [6.07, 6.45) is -0.475. The largest absolute Gasteiger partial charge is 0.344 e. The van der Waals surface area contributed by atoms with Crippen LogP contribution in [0.1, 0.15) is 22.9 Å². The standard InChI is InChI=1S/C106H66N6S2/c1-4-23-65(24-5-1)67-45-49-70(50-46-67)75-59-60-85(80-32-13-12-31-79(75)80)86-61-63-90(83-35-16-14-33-81(83)86)103-108-102(110-105(111-103)93-41-20-39-89-87-37-18-19-43-95(87)113-99(89)93)74-55-53-71(54-56-74)77-38-22-44-96-98(77)92-40-21-42-94(100(92)114-96)106-109-101(73-28-8-3-9-29-73)107-104(112-106)91-64-62-88(82-34-15-17-36-84(82)91)97-76-30-11-10-27-69(76)57-58-78(97)72-51-47-68(48-52-72)66-25-6-2-7-26-66/h1-64,102H,(H,108,110,111). The summed E-state index contributed by atoms with van der Waals surface area (Å²) in [6, 6.07) is 140. The van der Waals surface area contributed by atoms with Gasteiger partial charge in [-0.2, -0.15) is 0 Å². The molecule has 0 fully saturated rings.